The Morgan fingerprint density at radius 1 is 0.562 bits per heavy atom. The van der Waals surface area contributed by atoms with Crippen molar-refractivity contribution in [1.82, 2.24) is 0 Å². The molecular weight excluding hydrogens is 224 g/mol. The molecule has 2 aromatic carbocycles. The van der Waals surface area contributed by atoms with Gasteiger partial charge in [0.2, 0.25) is 0 Å². The van der Waals surface area contributed by atoms with Crippen LogP contribution in [0.2, 0.25) is 0 Å². The maximum absolute atomic E-state index is 3.79. The summed E-state index contributed by atoms with van der Waals surface area (Å²) in [7, 11) is 7.59. The van der Waals surface area contributed by atoms with Gasteiger partial charge in [0.15, 0.2) is 0 Å². The minimum atomic E-state index is 0.278. The lowest BCUT2D eigenvalue weighted by Gasteiger charge is -2.20. The number of rotatable bonds is 3. The van der Waals surface area contributed by atoms with Crippen molar-refractivity contribution in [3.63, 3.8) is 0 Å². The van der Waals surface area contributed by atoms with Crippen molar-refractivity contribution in [2.75, 3.05) is 0 Å². The summed E-state index contributed by atoms with van der Waals surface area (Å²) in [5.74, 6) is 0. The van der Waals surface area contributed by atoms with Crippen LogP contribution in [0.5, 0.6) is 0 Å². The van der Waals surface area contributed by atoms with E-state index in [0.717, 1.165) is 0 Å². The van der Waals surface area contributed by atoms with Gasteiger partial charge in [-0.2, -0.15) is 0 Å². The highest BCUT2D eigenvalue weighted by Gasteiger charge is 2.15. The van der Waals surface area contributed by atoms with Gasteiger partial charge in [0.05, 0.1) is 0 Å². The Morgan fingerprint density at radius 2 is 0.875 bits per heavy atom. The lowest BCUT2D eigenvalue weighted by Crippen LogP contribution is -2.11. The highest BCUT2D eigenvalue weighted by atomic mass is 28.2. The molecule has 2 rings (SSSR count). The molecule has 0 fully saturated rings. The Bertz CT molecular complexity index is 382. The van der Waals surface area contributed by atoms with E-state index in [1.165, 1.54) is 11.1 Å². The van der Waals surface area contributed by atoms with Gasteiger partial charge >= 0.3 is 0 Å². The Morgan fingerprint density at radius 3 is 1.19 bits per heavy atom. The SMILES string of the molecule is [Si]C(c1ccccc1)C([Si])c1ccccc1. The Kier molecular flexibility index (Phi) is 3.75. The van der Waals surface area contributed by atoms with Gasteiger partial charge in [-0.3, -0.25) is 0 Å². The van der Waals surface area contributed by atoms with E-state index in [1.807, 2.05) is 12.1 Å². The van der Waals surface area contributed by atoms with Crippen molar-refractivity contribution in [2.45, 2.75) is 11.1 Å². The Balaban J connectivity index is 2.20. The molecule has 0 aliphatic heterocycles. The molecule has 0 heterocycles. The van der Waals surface area contributed by atoms with Crippen LogP contribution in [0.25, 0.3) is 0 Å². The first-order chi connectivity index (χ1) is 7.79. The summed E-state index contributed by atoms with van der Waals surface area (Å²) in [6.07, 6.45) is 0. The first-order valence-electron chi connectivity index (χ1n) is 5.31. The average Bonchev–Trinajstić information content (AvgIpc) is 2.39. The minimum absolute atomic E-state index is 0.278. The second-order valence-electron chi connectivity index (χ2n) is 3.78. The molecule has 0 nitrogen and oxygen atoms in total. The van der Waals surface area contributed by atoms with Crippen molar-refractivity contribution in [3.8, 4) is 0 Å². The summed E-state index contributed by atoms with van der Waals surface area (Å²) in [6, 6.07) is 20.8. The van der Waals surface area contributed by atoms with Crippen LogP contribution in [-0.2, 0) is 0 Å². The van der Waals surface area contributed by atoms with Gasteiger partial charge in [0.25, 0.3) is 0 Å². The van der Waals surface area contributed by atoms with E-state index in [2.05, 4.69) is 69.0 Å². The van der Waals surface area contributed by atoms with Crippen LogP contribution in [0.1, 0.15) is 22.2 Å². The number of hydrogen-bond acceptors (Lipinski definition) is 0. The smallest absolute Gasteiger partial charge is 0.0335 e. The van der Waals surface area contributed by atoms with Gasteiger partial charge in [-0.25, -0.2) is 0 Å². The summed E-state index contributed by atoms with van der Waals surface area (Å²) in [5, 5.41) is 0. The van der Waals surface area contributed by atoms with Crippen LogP contribution in [0.15, 0.2) is 60.7 Å². The molecule has 2 atom stereocenters. The third-order valence-corrected chi connectivity index (χ3v) is 4.32. The molecule has 76 valence electrons. The van der Waals surface area contributed by atoms with Crippen LogP contribution in [-0.4, -0.2) is 20.5 Å². The van der Waals surface area contributed by atoms with Gasteiger partial charge < -0.3 is 0 Å². The number of hydrogen-bond donors (Lipinski definition) is 0. The standard InChI is InChI=1S/C14H12Si2/c15-13(11-7-3-1-4-8-11)14(16)12-9-5-2-6-10-12/h1-10,13-14H. The van der Waals surface area contributed by atoms with Crippen molar-refractivity contribution in [2.24, 2.45) is 0 Å². The molecule has 0 spiro atoms. The quantitative estimate of drug-likeness (QED) is 0.719. The molecule has 6 radical (unpaired) electrons. The fourth-order valence-corrected chi connectivity index (χ4v) is 2.48. The van der Waals surface area contributed by atoms with Crippen molar-refractivity contribution in [1.29, 1.82) is 0 Å². The molecule has 0 N–H and O–H groups in total. The van der Waals surface area contributed by atoms with Crippen LogP contribution < -0.4 is 0 Å². The van der Waals surface area contributed by atoms with Gasteiger partial charge in [0, 0.05) is 20.5 Å². The van der Waals surface area contributed by atoms with Gasteiger partial charge in [-0.1, -0.05) is 60.7 Å². The zero-order valence-corrected chi connectivity index (χ0v) is 10.9. The van der Waals surface area contributed by atoms with E-state index in [9.17, 15) is 0 Å². The molecule has 16 heavy (non-hydrogen) atoms. The lowest BCUT2D eigenvalue weighted by atomic mass is 10.0. The zero-order chi connectivity index (χ0) is 11.4. The molecule has 0 aliphatic carbocycles. The van der Waals surface area contributed by atoms with Crippen LogP contribution in [0, 0.1) is 0 Å². The van der Waals surface area contributed by atoms with Gasteiger partial charge in [0.1, 0.15) is 0 Å². The van der Waals surface area contributed by atoms with Gasteiger partial charge in [-0.15, -0.1) is 0 Å². The molecule has 2 aromatic rings. The molecule has 0 amide bonds. The normalized spacial score (nSPS) is 14.4. The van der Waals surface area contributed by atoms with Crippen molar-refractivity contribution in [3.05, 3.63) is 71.8 Å². The summed E-state index contributed by atoms with van der Waals surface area (Å²) in [6.45, 7) is 0. The number of benzene rings is 2. The second-order valence-corrected chi connectivity index (χ2v) is 5.02. The summed E-state index contributed by atoms with van der Waals surface area (Å²) in [4.78, 5) is 0. The second kappa shape index (κ2) is 5.28. The lowest BCUT2D eigenvalue weighted by molar-refractivity contribution is 0.879. The largest absolute Gasteiger partial charge is 0.0622 e. The summed E-state index contributed by atoms with van der Waals surface area (Å²) in [5.41, 5.74) is 3.12. The maximum atomic E-state index is 3.79. The molecule has 2 heteroatoms. The van der Waals surface area contributed by atoms with Crippen LogP contribution in [0.4, 0.5) is 0 Å². The topological polar surface area (TPSA) is 0 Å². The van der Waals surface area contributed by atoms with Crippen LogP contribution >= 0.6 is 0 Å². The van der Waals surface area contributed by atoms with E-state index >= 15 is 0 Å². The third kappa shape index (κ3) is 2.51. The molecule has 0 aliphatic rings. The van der Waals surface area contributed by atoms with E-state index in [1.54, 1.807) is 0 Å². The highest BCUT2D eigenvalue weighted by molar-refractivity contribution is 6.22. The Hall–Kier alpha value is -1.13. The van der Waals surface area contributed by atoms with E-state index in [-0.39, 0.29) is 11.1 Å². The fourth-order valence-electron chi connectivity index (χ4n) is 1.71. The summed E-state index contributed by atoms with van der Waals surface area (Å²) < 4.78 is 0. The van der Waals surface area contributed by atoms with Crippen molar-refractivity contribution < 1.29 is 0 Å². The highest BCUT2D eigenvalue weighted by Crippen LogP contribution is 2.27. The van der Waals surface area contributed by atoms with E-state index < -0.39 is 0 Å². The van der Waals surface area contributed by atoms with Gasteiger partial charge in [-0.05, 0) is 22.2 Å². The monoisotopic (exact) mass is 236 g/mol. The predicted octanol–water partition coefficient (Wildman–Crippen LogP) is 2.81. The Labute approximate surface area is 104 Å². The van der Waals surface area contributed by atoms with E-state index in [0.29, 0.717) is 0 Å². The van der Waals surface area contributed by atoms with E-state index in [4.69, 9.17) is 0 Å². The predicted molar refractivity (Wildman–Crippen MR) is 69.9 cm³/mol. The first-order valence-corrected chi connectivity index (χ1v) is 6.46. The van der Waals surface area contributed by atoms with Crippen molar-refractivity contribution >= 4 is 20.5 Å². The molecule has 0 bridgehead atoms. The maximum Gasteiger partial charge on any atom is 0.0335 e. The fraction of sp³-hybridized carbons (Fsp3) is 0.143. The molecular formula is C14H12Si2. The molecule has 0 saturated heterocycles. The zero-order valence-electron chi connectivity index (χ0n) is 8.93. The molecule has 0 aromatic heterocycles. The minimum Gasteiger partial charge on any atom is -0.0622 e. The first kappa shape index (κ1) is 11.4. The summed E-state index contributed by atoms with van der Waals surface area (Å²) >= 11 is 0. The molecule has 0 saturated carbocycles. The third-order valence-electron chi connectivity index (χ3n) is 2.65. The average molecular weight is 236 g/mol. The molecule has 2 unspecified atom stereocenters. The van der Waals surface area contributed by atoms with Crippen LogP contribution in [0.3, 0.4) is 0 Å².